The molecule has 3 N–H and O–H groups in total. The van der Waals surface area contributed by atoms with Gasteiger partial charge in [0.25, 0.3) is 0 Å². The van der Waals surface area contributed by atoms with Gasteiger partial charge in [-0.15, -0.1) is 0 Å². The Morgan fingerprint density at radius 2 is 2.00 bits per heavy atom. The van der Waals surface area contributed by atoms with Gasteiger partial charge in [-0.1, -0.05) is 20.8 Å². The van der Waals surface area contributed by atoms with Crippen LogP contribution in [0.2, 0.25) is 0 Å². The largest absolute Gasteiger partial charge is 0.394 e. The molecule has 0 saturated carbocycles. The van der Waals surface area contributed by atoms with E-state index in [0.29, 0.717) is 12.0 Å². The summed E-state index contributed by atoms with van der Waals surface area (Å²) in [6.07, 6.45) is 2.36. The highest BCUT2D eigenvalue weighted by atomic mass is 16.1. The number of hydrogen-bond donors (Lipinski definition) is 2. The number of primary amides is 1. The second-order valence-electron chi connectivity index (χ2n) is 4.06. The van der Waals surface area contributed by atoms with Gasteiger partial charge in [-0.2, -0.15) is 0 Å². The molecule has 0 aliphatic carbocycles. The molecule has 3 heteroatoms. The lowest BCUT2D eigenvalue weighted by atomic mass is 9.88. The molecule has 0 aromatic rings. The van der Waals surface area contributed by atoms with Gasteiger partial charge in [-0.3, -0.25) is 4.79 Å². The second-order valence-corrected chi connectivity index (χ2v) is 4.06. The van der Waals surface area contributed by atoms with Gasteiger partial charge in [0.15, 0.2) is 0 Å². The van der Waals surface area contributed by atoms with Gasteiger partial charge in [0, 0.05) is 18.8 Å². The molecule has 70 valence electrons. The topological polar surface area (TPSA) is 55.1 Å². The molecule has 0 unspecified atom stereocenters. The van der Waals surface area contributed by atoms with Crippen LogP contribution >= 0.6 is 0 Å². The average molecular weight is 170 g/mol. The first kappa shape index (κ1) is 11.0. The van der Waals surface area contributed by atoms with Crippen LogP contribution in [0, 0.1) is 5.41 Å². The smallest absolute Gasteiger partial charge is 0.246 e. The van der Waals surface area contributed by atoms with Crippen molar-refractivity contribution >= 4 is 5.91 Å². The van der Waals surface area contributed by atoms with Crippen molar-refractivity contribution in [2.75, 3.05) is 7.05 Å². The molecule has 0 fully saturated rings. The van der Waals surface area contributed by atoms with E-state index in [9.17, 15) is 4.79 Å². The van der Waals surface area contributed by atoms with Crippen molar-refractivity contribution in [3.63, 3.8) is 0 Å². The second kappa shape index (κ2) is 4.14. The predicted molar refractivity (Wildman–Crippen MR) is 50.4 cm³/mol. The van der Waals surface area contributed by atoms with E-state index < -0.39 is 0 Å². The Balaban J connectivity index is 4.36. The van der Waals surface area contributed by atoms with Crippen molar-refractivity contribution in [1.29, 1.82) is 0 Å². The highest BCUT2D eigenvalue weighted by Crippen LogP contribution is 2.23. The summed E-state index contributed by atoms with van der Waals surface area (Å²) in [5, 5.41) is 2.81. The number of hydrogen-bond acceptors (Lipinski definition) is 2. The molecule has 1 amide bonds. The van der Waals surface area contributed by atoms with Gasteiger partial charge in [0.2, 0.25) is 5.91 Å². The number of amides is 1. The zero-order chi connectivity index (χ0) is 9.78. The molecule has 0 aromatic carbocycles. The molecular weight excluding hydrogens is 152 g/mol. The Morgan fingerprint density at radius 3 is 2.25 bits per heavy atom. The average Bonchev–Trinajstić information content (AvgIpc) is 1.83. The zero-order valence-corrected chi connectivity index (χ0v) is 8.27. The van der Waals surface area contributed by atoms with E-state index in [1.54, 1.807) is 13.2 Å². The van der Waals surface area contributed by atoms with E-state index in [2.05, 4.69) is 26.1 Å². The molecule has 0 aliphatic heterocycles. The van der Waals surface area contributed by atoms with Gasteiger partial charge < -0.3 is 11.1 Å². The maximum Gasteiger partial charge on any atom is 0.246 e. The zero-order valence-electron chi connectivity index (χ0n) is 8.27. The van der Waals surface area contributed by atoms with E-state index in [0.717, 1.165) is 0 Å². The van der Waals surface area contributed by atoms with Crippen LogP contribution < -0.4 is 11.1 Å². The Hall–Kier alpha value is -0.990. The molecule has 3 nitrogen and oxygen atoms in total. The number of carbonyl (C=O) groups is 1. The quantitative estimate of drug-likeness (QED) is 0.621. The van der Waals surface area contributed by atoms with Gasteiger partial charge in [0.1, 0.15) is 0 Å². The number of nitrogens with one attached hydrogen (secondary N) is 1. The van der Waals surface area contributed by atoms with Crippen LogP contribution in [0.25, 0.3) is 0 Å². The van der Waals surface area contributed by atoms with Crippen molar-refractivity contribution < 1.29 is 4.79 Å². The molecule has 0 bridgehead atoms. The number of rotatable bonds is 3. The fourth-order valence-corrected chi connectivity index (χ4v) is 0.955. The first-order chi connectivity index (χ1) is 5.37. The third-order valence-corrected chi connectivity index (χ3v) is 1.36. The van der Waals surface area contributed by atoms with Crippen LogP contribution in [0.3, 0.4) is 0 Å². The molecule has 0 heterocycles. The normalized spacial score (nSPS) is 12.8. The summed E-state index contributed by atoms with van der Waals surface area (Å²) >= 11 is 0. The fraction of sp³-hybridized carbons (Fsp3) is 0.667. The third kappa shape index (κ3) is 4.77. The van der Waals surface area contributed by atoms with Gasteiger partial charge in [-0.05, 0) is 11.8 Å². The minimum absolute atomic E-state index is 0.0950. The van der Waals surface area contributed by atoms with Crippen molar-refractivity contribution in [2.24, 2.45) is 11.1 Å². The molecule has 0 rings (SSSR count). The van der Waals surface area contributed by atoms with Crippen LogP contribution in [-0.4, -0.2) is 13.0 Å². The van der Waals surface area contributed by atoms with E-state index in [1.807, 2.05) is 0 Å². The van der Waals surface area contributed by atoms with Crippen molar-refractivity contribution in [3.05, 3.63) is 11.8 Å². The maximum absolute atomic E-state index is 10.9. The minimum Gasteiger partial charge on any atom is -0.394 e. The lowest BCUT2D eigenvalue weighted by Gasteiger charge is -2.18. The lowest BCUT2D eigenvalue weighted by molar-refractivity contribution is -0.114. The monoisotopic (exact) mass is 170 g/mol. The Morgan fingerprint density at radius 1 is 1.50 bits per heavy atom. The van der Waals surface area contributed by atoms with E-state index in [4.69, 9.17) is 5.73 Å². The molecule has 0 aromatic heterocycles. The maximum atomic E-state index is 10.9. The molecule has 0 aliphatic rings. The van der Waals surface area contributed by atoms with E-state index in [-0.39, 0.29) is 11.3 Å². The summed E-state index contributed by atoms with van der Waals surface area (Å²) in [7, 11) is 1.76. The Labute approximate surface area is 74.0 Å². The summed E-state index contributed by atoms with van der Waals surface area (Å²) in [4.78, 5) is 10.9. The summed E-state index contributed by atoms with van der Waals surface area (Å²) in [6, 6.07) is 0. The van der Waals surface area contributed by atoms with Crippen LogP contribution in [0.1, 0.15) is 27.2 Å². The highest BCUT2D eigenvalue weighted by Gasteiger charge is 2.16. The van der Waals surface area contributed by atoms with Crippen molar-refractivity contribution in [2.45, 2.75) is 27.2 Å². The SMILES string of the molecule is CNC=C(CC(C)(C)C)C(N)=O. The van der Waals surface area contributed by atoms with Gasteiger partial charge >= 0.3 is 0 Å². The molecule has 12 heavy (non-hydrogen) atoms. The van der Waals surface area contributed by atoms with E-state index in [1.165, 1.54) is 0 Å². The summed E-state index contributed by atoms with van der Waals surface area (Å²) in [5.41, 5.74) is 5.92. The van der Waals surface area contributed by atoms with Crippen LogP contribution in [0.15, 0.2) is 11.8 Å². The first-order valence-corrected chi connectivity index (χ1v) is 4.03. The Kier molecular flexibility index (Phi) is 3.80. The van der Waals surface area contributed by atoms with Crippen molar-refractivity contribution in [3.8, 4) is 0 Å². The summed E-state index contributed by atoms with van der Waals surface area (Å²) < 4.78 is 0. The highest BCUT2D eigenvalue weighted by molar-refractivity contribution is 5.91. The third-order valence-electron chi connectivity index (χ3n) is 1.36. The summed E-state index contributed by atoms with van der Waals surface area (Å²) in [6.45, 7) is 6.21. The molecular formula is C9H18N2O. The Bertz CT molecular complexity index is 189. The number of nitrogens with two attached hydrogens (primary N) is 1. The van der Waals surface area contributed by atoms with Crippen LogP contribution in [0.5, 0.6) is 0 Å². The lowest BCUT2D eigenvalue weighted by Crippen LogP contribution is -2.20. The van der Waals surface area contributed by atoms with Crippen LogP contribution in [-0.2, 0) is 4.79 Å². The van der Waals surface area contributed by atoms with Crippen LogP contribution in [0.4, 0.5) is 0 Å². The molecule has 0 spiro atoms. The first-order valence-electron chi connectivity index (χ1n) is 4.03. The summed E-state index contributed by atoms with van der Waals surface area (Å²) in [5.74, 6) is -0.348. The number of carbonyl (C=O) groups excluding carboxylic acids is 1. The fourth-order valence-electron chi connectivity index (χ4n) is 0.955. The molecule has 0 radical (unpaired) electrons. The van der Waals surface area contributed by atoms with Crippen molar-refractivity contribution in [1.82, 2.24) is 5.32 Å². The van der Waals surface area contributed by atoms with E-state index >= 15 is 0 Å². The van der Waals surface area contributed by atoms with Gasteiger partial charge in [0.05, 0.1) is 0 Å². The molecule has 0 atom stereocenters. The minimum atomic E-state index is -0.348. The van der Waals surface area contributed by atoms with Gasteiger partial charge in [-0.25, -0.2) is 0 Å². The predicted octanol–water partition coefficient (Wildman–Crippen LogP) is 1.01. The molecule has 0 saturated heterocycles. The standard InChI is InChI=1S/C9H18N2O/c1-9(2,3)5-7(6-11-4)8(10)12/h6,11H,5H2,1-4H3,(H2,10,12).